The van der Waals surface area contributed by atoms with E-state index in [9.17, 15) is 22.5 Å². The minimum Gasteiger partial charge on any atom is -0.444 e. The third-order valence-corrected chi connectivity index (χ3v) is 8.79. The number of methoxy groups -OCH3 is 1. The summed E-state index contributed by atoms with van der Waals surface area (Å²) < 4.78 is 86.0. The predicted molar refractivity (Wildman–Crippen MR) is 161 cm³/mol. The van der Waals surface area contributed by atoms with Gasteiger partial charge in [-0.15, -0.1) is 11.8 Å². The summed E-state index contributed by atoms with van der Waals surface area (Å²) in [4.78, 5) is 13.0. The van der Waals surface area contributed by atoms with Gasteiger partial charge in [0.25, 0.3) is 0 Å². The molecule has 0 aliphatic carbocycles. The third kappa shape index (κ3) is 16.0. The summed E-state index contributed by atoms with van der Waals surface area (Å²) in [6.07, 6.45) is 1.14. The van der Waals surface area contributed by atoms with Gasteiger partial charge in [0.2, 0.25) is 0 Å². The Balaban J connectivity index is 3.23. The van der Waals surface area contributed by atoms with Crippen LogP contribution in [0.4, 0.5) is 18.0 Å². The second kappa shape index (κ2) is 19.2. The quantitative estimate of drug-likeness (QED) is 0.0603. The summed E-state index contributed by atoms with van der Waals surface area (Å²) in [5.41, 5.74) is -2.57. The number of rotatable bonds is 21. The van der Waals surface area contributed by atoms with E-state index < -0.39 is 43.4 Å². The standard InChI is InChI=1S/C29H49F3NO8PS/c1-8-9-10-11-12-13-18-43-25-15-14-23(19-24(25)29(30,31)32)16-17-28(20-39-22-36-5,21-40-42(35,37-6)38-7)33-26(34)41-27(2,3)4/h14-15,19H,8-13,16-18,20-22H2,1-7H3,(H,33,34). The number of hydrogen-bond acceptors (Lipinski definition) is 9. The molecule has 9 nitrogen and oxygen atoms in total. The SMILES string of the molecule is CCCCCCCCSc1ccc(CCC(COCOC)(COP(=O)(OC)OC)NC(=O)OC(C)(C)C)cc1C(F)(F)F. The van der Waals surface area contributed by atoms with Crippen molar-refractivity contribution in [3.05, 3.63) is 29.3 Å². The molecule has 1 amide bonds. The number of nitrogens with one attached hydrogen (secondary N) is 1. The Morgan fingerprint density at radius 1 is 0.977 bits per heavy atom. The average Bonchev–Trinajstić information content (AvgIpc) is 2.93. The lowest BCUT2D eigenvalue weighted by atomic mass is 9.92. The van der Waals surface area contributed by atoms with Crippen molar-refractivity contribution in [1.29, 1.82) is 0 Å². The first kappa shape index (κ1) is 39.7. The molecule has 0 aromatic heterocycles. The zero-order chi connectivity index (χ0) is 32.6. The molecule has 14 heteroatoms. The van der Waals surface area contributed by atoms with E-state index in [-0.39, 0.29) is 31.1 Å². The summed E-state index contributed by atoms with van der Waals surface area (Å²) in [5.74, 6) is 0.602. The van der Waals surface area contributed by atoms with Gasteiger partial charge < -0.3 is 19.5 Å². The van der Waals surface area contributed by atoms with Crippen LogP contribution in [-0.4, -0.2) is 64.3 Å². The Kier molecular flexibility index (Phi) is 17.8. The molecule has 0 fully saturated rings. The zero-order valence-corrected chi connectivity index (χ0v) is 28.2. The first-order valence-corrected chi connectivity index (χ1v) is 16.8. The highest BCUT2D eigenvalue weighted by atomic mass is 32.2. The largest absolute Gasteiger partial charge is 0.474 e. The summed E-state index contributed by atoms with van der Waals surface area (Å²) in [6, 6.07) is 4.27. The van der Waals surface area contributed by atoms with Gasteiger partial charge in [-0.2, -0.15) is 13.2 Å². The van der Waals surface area contributed by atoms with Crippen LogP contribution in [-0.2, 0) is 44.9 Å². The van der Waals surface area contributed by atoms with E-state index in [2.05, 4.69) is 12.2 Å². The number of halogens is 3. The number of benzene rings is 1. The van der Waals surface area contributed by atoms with E-state index in [0.29, 0.717) is 11.3 Å². The Bertz CT molecular complexity index is 1000. The summed E-state index contributed by atoms with van der Waals surface area (Å²) in [5, 5.41) is 2.72. The molecule has 0 saturated heterocycles. The second-order valence-electron chi connectivity index (χ2n) is 11.2. The fourth-order valence-corrected chi connectivity index (χ4v) is 5.90. The van der Waals surface area contributed by atoms with Gasteiger partial charge >= 0.3 is 20.1 Å². The van der Waals surface area contributed by atoms with Crippen LogP contribution < -0.4 is 5.32 Å². The number of thioether (sulfide) groups is 1. The number of phosphoric ester groups is 1. The molecule has 1 aromatic rings. The molecule has 1 atom stereocenters. The van der Waals surface area contributed by atoms with Crippen LogP contribution in [0.25, 0.3) is 0 Å². The van der Waals surface area contributed by atoms with Crippen LogP contribution in [0.5, 0.6) is 0 Å². The zero-order valence-electron chi connectivity index (χ0n) is 26.5. The number of aryl methyl sites for hydroxylation is 1. The van der Waals surface area contributed by atoms with Gasteiger partial charge in [0.1, 0.15) is 12.4 Å². The Hall–Kier alpha value is -1.34. The fraction of sp³-hybridized carbons (Fsp3) is 0.759. The number of amides is 1. The third-order valence-electron chi connectivity index (χ3n) is 6.29. The van der Waals surface area contributed by atoms with Gasteiger partial charge in [0.05, 0.1) is 24.3 Å². The minimum atomic E-state index is -4.54. The minimum absolute atomic E-state index is 0.0327. The number of unbranched alkanes of at least 4 members (excludes halogenated alkanes) is 5. The molecule has 1 unspecified atom stereocenters. The highest BCUT2D eigenvalue weighted by Crippen LogP contribution is 2.48. The molecule has 0 heterocycles. The molecule has 0 aliphatic rings. The van der Waals surface area contributed by atoms with Crippen molar-refractivity contribution in [2.24, 2.45) is 0 Å². The van der Waals surface area contributed by atoms with Crippen LogP contribution in [0, 0.1) is 0 Å². The van der Waals surface area contributed by atoms with Gasteiger partial charge in [-0.3, -0.25) is 13.6 Å². The molecule has 43 heavy (non-hydrogen) atoms. The van der Waals surface area contributed by atoms with Crippen molar-refractivity contribution < 1.29 is 50.3 Å². The number of carbonyl (C=O) groups is 1. The number of alkyl halides is 3. The summed E-state index contributed by atoms with van der Waals surface area (Å²) >= 11 is 1.21. The predicted octanol–water partition coefficient (Wildman–Crippen LogP) is 8.39. The van der Waals surface area contributed by atoms with Gasteiger partial charge in [-0.25, -0.2) is 9.36 Å². The van der Waals surface area contributed by atoms with E-state index in [4.69, 9.17) is 27.8 Å². The summed E-state index contributed by atoms with van der Waals surface area (Å²) in [7, 11) is -0.298. The maximum atomic E-state index is 14.1. The number of hydrogen-bond donors (Lipinski definition) is 1. The Morgan fingerprint density at radius 2 is 1.63 bits per heavy atom. The molecule has 0 aliphatic heterocycles. The lowest BCUT2D eigenvalue weighted by molar-refractivity contribution is -0.139. The average molecular weight is 660 g/mol. The van der Waals surface area contributed by atoms with Gasteiger partial charge in [0, 0.05) is 26.2 Å². The van der Waals surface area contributed by atoms with Crippen molar-refractivity contribution in [3.8, 4) is 0 Å². The van der Waals surface area contributed by atoms with E-state index >= 15 is 0 Å². The van der Waals surface area contributed by atoms with Crippen LogP contribution in [0.15, 0.2) is 23.1 Å². The van der Waals surface area contributed by atoms with Crippen LogP contribution in [0.3, 0.4) is 0 Å². The monoisotopic (exact) mass is 659 g/mol. The molecule has 0 spiro atoms. The first-order valence-electron chi connectivity index (χ1n) is 14.4. The maximum Gasteiger partial charge on any atom is 0.474 e. The van der Waals surface area contributed by atoms with Gasteiger partial charge in [-0.05, 0) is 63.5 Å². The topological polar surface area (TPSA) is 102 Å². The van der Waals surface area contributed by atoms with Crippen molar-refractivity contribution in [2.75, 3.05) is 47.1 Å². The molecule has 0 saturated carbocycles. The Morgan fingerprint density at radius 3 is 2.21 bits per heavy atom. The molecular formula is C29H49F3NO8PS. The van der Waals surface area contributed by atoms with Crippen molar-refractivity contribution in [1.82, 2.24) is 5.32 Å². The first-order chi connectivity index (χ1) is 20.1. The second-order valence-corrected chi connectivity index (χ2v) is 14.2. The Labute approximate surface area is 258 Å². The van der Waals surface area contributed by atoms with Crippen LogP contribution in [0.2, 0.25) is 0 Å². The molecule has 0 bridgehead atoms. The molecule has 0 radical (unpaired) electrons. The number of phosphoric acid groups is 1. The molecule has 250 valence electrons. The van der Waals surface area contributed by atoms with Gasteiger partial charge in [0.15, 0.2) is 0 Å². The van der Waals surface area contributed by atoms with Crippen molar-refractivity contribution in [2.45, 2.75) is 101 Å². The van der Waals surface area contributed by atoms with Crippen molar-refractivity contribution >= 4 is 25.7 Å². The van der Waals surface area contributed by atoms with Gasteiger partial charge in [-0.1, -0.05) is 45.1 Å². The van der Waals surface area contributed by atoms with E-state index in [1.807, 2.05) is 0 Å². The highest BCUT2D eigenvalue weighted by Gasteiger charge is 2.39. The fourth-order valence-electron chi connectivity index (χ4n) is 4.07. The molecule has 1 N–H and O–H groups in total. The summed E-state index contributed by atoms with van der Waals surface area (Å²) in [6.45, 7) is 6.41. The van der Waals surface area contributed by atoms with E-state index in [1.165, 1.54) is 31.4 Å². The smallest absolute Gasteiger partial charge is 0.444 e. The highest BCUT2D eigenvalue weighted by molar-refractivity contribution is 7.99. The van der Waals surface area contributed by atoms with E-state index in [1.54, 1.807) is 26.8 Å². The lowest BCUT2D eigenvalue weighted by Crippen LogP contribution is -2.56. The molecule has 1 aromatic carbocycles. The molecular weight excluding hydrogens is 610 g/mol. The normalized spacial score (nSPS) is 14.0. The number of alkyl carbamates (subject to hydrolysis) is 1. The molecule has 1 rings (SSSR count). The van der Waals surface area contributed by atoms with Crippen molar-refractivity contribution in [3.63, 3.8) is 0 Å². The van der Waals surface area contributed by atoms with Crippen LogP contribution in [0.1, 0.15) is 83.8 Å². The van der Waals surface area contributed by atoms with E-state index in [0.717, 1.165) is 52.4 Å². The van der Waals surface area contributed by atoms with Crippen LogP contribution >= 0.6 is 19.6 Å². The number of ether oxygens (including phenoxy) is 3. The number of carbonyl (C=O) groups excluding carboxylic acids is 1. The lowest BCUT2D eigenvalue weighted by Gasteiger charge is -2.35. The maximum absolute atomic E-state index is 14.1.